The Balaban J connectivity index is 1.67. The molecule has 0 aliphatic heterocycles. The molecule has 0 saturated carbocycles. The van der Waals surface area contributed by atoms with Gasteiger partial charge < -0.3 is 0 Å². The van der Waals surface area contributed by atoms with Gasteiger partial charge >= 0.3 is 0 Å². The van der Waals surface area contributed by atoms with Crippen LogP contribution in [0.25, 0.3) is 40.3 Å². The van der Waals surface area contributed by atoms with Crippen LogP contribution in [-0.4, -0.2) is 4.98 Å². The van der Waals surface area contributed by atoms with E-state index in [1.807, 2.05) is 45.3 Å². The van der Waals surface area contributed by atoms with Gasteiger partial charge in [0.25, 0.3) is 0 Å². The van der Waals surface area contributed by atoms with E-state index in [2.05, 4.69) is 45.0 Å². The van der Waals surface area contributed by atoms with Gasteiger partial charge in [0.05, 0.1) is 19.0 Å². The number of thiazole rings is 1. The molecule has 0 spiro atoms. The summed E-state index contributed by atoms with van der Waals surface area (Å²) in [6, 6.07) is 9.57. The number of thiophene rings is 3. The van der Waals surface area contributed by atoms with Gasteiger partial charge in [0.2, 0.25) is 0 Å². The molecule has 5 heteroatoms. The van der Waals surface area contributed by atoms with Gasteiger partial charge in [-0.1, -0.05) is 40.0 Å². The van der Waals surface area contributed by atoms with Gasteiger partial charge in [0.15, 0.2) is 0 Å². The average Bonchev–Trinajstić information content (AvgIpc) is 3.57. The molecule has 0 fully saturated rings. The van der Waals surface area contributed by atoms with Gasteiger partial charge in [0, 0.05) is 25.4 Å². The van der Waals surface area contributed by atoms with E-state index in [0.29, 0.717) is 0 Å². The Morgan fingerprint density at radius 1 is 0.625 bits per heavy atom. The molecule has 0 unspecified atom stereocenters. The Kier molecular flexibility index (Phi) is 6.98. The fourth-order valence-corrected chi connectivity index (χ4v) is 9.10. The number of nitrogens with zero attached hydrogens (tertiary/aromatic N) is 1. The highest BCUT2D eigenvalue weighted by Gasteiger charge is 2.19. The van der Waals surface area contributed by atoms with Crippen molar-refractivity contribution in [2.75, 3.05) is 0 Å². The molecule has 0 aliphatic carbocycles. The standard InChI is InChI=1S/C27H31NS4/c1-4-7-10-17-13-14-22(29-17)27-28-23-24-20(15-18(30-24)11-8-5-2)21-16-19(12-9-6-3)31-25(21)26(23)32-27/h13-16H,4-12H2,1-3H3. The fourth-order valence-electron chi connectivity index (χ4n) is 4.29. The number of fused-ring (bicyclic) bond motifs is 6. The van der Waals surface area contributed by atoms with Gasteiger partial charge in [0.1, 0.15) is 10.5 Å². The summed E-state index contributed by atoms with van der Waals surface area (Å²) < 4.78 is 4.27. The van der Waals surface area contributed by atoms with Crippen LogP contribution in [0.5, 0.6) is 0 Å². The molecule has 0 saturated heterocycles. The summed E-state index contributed by atoms with van der Waals surface area (Å²) in [6.45, 7) is 6.84. The molecule has 168 valence electrons. The molecule has 4 aromatic heterocycles. The molecule has 0 amide bonds. The van der Waals surface area contributed by atoms with Gasteiger partial charge in [-0.25, -0.2) is 4.98 Å². The van der Waals surface area contributed by atoms with Crippen LogP contribution in [0.4, 0.5) is 0 Å². The van der Waals surface area contributed by atoms with Crippen LogP contribution in [0, 0.1) is 0 Å². The maximum Gasteiger partial charge on any atom is 0.134 e. The molecule has 0 bridgehead atoms. The van der Waals surface area contributed by atoms with Crippen molar-refractivity contribution in [1.29, 1.82) is 0 Å². The zero-order valence-corrected chi connectivity index (χ0v) is 22.5. The maximum absolute atomic E-state index is 5.27. The van der Waals surface area contributed by atoms with Crippen molar-refractivity contribution in [3.63, 3.8) is 0 Å². The van der Waals surface area contributed by atoms with E-state index < -0.39 is 0 Å². The first kappa shape index (κ1) is 22.5. The number of aromatic nitrogens is 1. The van der Waals surface area contributed by atoms with E-state index in [4.69, 9.17) is 4.98 Å². The van der Waals surface area contributed by atoms with E-state index in [1.165, 1.54) is 113 Å². The summed E-state index contributed by atoms with van der Waals surface area (Å²) >= 11 is 7.85. The Bertz CT molecular complexity index is 1270. The summed E-state index contributed by atoms with van der Waals surface area (Å²) in [5, 5.41) is 4.11. The minimum atomic E-state index is 1.19. The van der Waals surface area contributed by atoms with Crippen LogP contribution in [-0.2, 0) is 19.3 Å². The van der Waals surface area contributed by atoms with Crippen molar-refractivity contribution in [3.8, 4) is 9.88 Å². The second kappa shape index (κ2) is 9.92. The number of hydrogen-bond acceptors (Lipinski definition) is 5. The van der Waals surface area contributed by atoms with Gasteiger partial charge in [-0.05, 0) is 62.8 Å². The molecule has 0 aliphatic rings. The van der Waals surface area contributed by atoms with Crippen LogP contribution in [0.3, 0.4) is 0 Å². The van der Waals surface area contributed by atoms with Crippen molar-refractivity contribution in [1.82, 2.24) is 4.98 Å². The number of rotatable bonds is 10. The van der Waals surface area contributed by atoms with Crippen LogP contribution in [0.1, 0.15) is 73.9 Å². The van der Waals surface area contributed by atoms with E-state index in [0.717, 1.165) is 0 Å². The number of benzene rings is 1. The molecule has 5 rings (SSSR count). The molecule has 0 N–H and O–H groups in total. The molecule has 1 nitrogen and oxygen atoms in total. The van der Waals surface area contributed by atoms with E-state index in [-0.39, 0.29) is 0 Å². The highest BCUT2D eigenvalue weighted by atomic mass is 32.1. The molecular weight excluding hydrogens is 467 g/mol. The zero-order valence-electron chi connectivity index (χ0n) is 19.3. The number of hydrogen-bond donors (Lipinski definition) is 0. The molecule has 1 aromatic carbocycles. The summed E-state index contributed by atoms with van der Waals surface area (Å²) in [6.07, 6.45) is 11.1. The summed E-state index contributed by atoms with van der Waals surface area (Å²) in [5.41, 5.74) is 1.24. The Morgan fingerprint density at radius 3 is 1.88 bits per heavy atom. The molecule has 32 heavy (non-hydrogen) atoms. The molecule has 4 heterocycles. The first-order chi connectivity index (χ1) is 15.7. The highest BCUT2D eigenvalue weighted by Crippen LogP contribution is 2.47. The summed E-state index contributed by atoms with van der Waals surface area (Å²) in [5.74, 6) is 0. The third-order valence-electron chi connectivity index (χ3n) is 6.11. The van der Waals surface area contributed by atoms with E-state index >= 15 is 0 Å². The van der Waals surface area contributed by atoms with Crippen LogP contribution in [0.15, 0.2) is 24.3 Å². The lowest BCUT2D eigenvalue weighted by Gasteiger charge is -1.95. The highest BCUT2D eigenvalue weighted by molar-refractivity contribution is 7.31. The van der Waals surface area contributed by atoms with Crippen molar-refractivity contribution < 1.29 is 0 Å². The van der Waals surface area contributed by atoms with Crippen LogP contribution >= 0.6 is 45.3 Å². The van der Waals surface area contributed by atoms with Crippen molar-refractivity contribution in [3.05, 3.63) is 38.9 Å². The third kappa shape index (κ3) is 4.29. The SMILES string of the molecule is CCCCc1ccc(-c2nc3c4sc(CCCC)cc4c4cc(CCCC)sc4c3s2)s1. The minimum Gasteiger partial charge on any atom is -0.234 e. The van der Waals surface area contributed by atoms with Gasteiger partial charge in [-0.3, -0.25) is 0 Å². The monoisotopic (exact) mass is 497 g/mol. The first-order valence-corrected chi connectivity index (χ1v) is 15.3. The zero-order chi connectivity index (χ0) is 22.1. The molecule has 5 aromatic rings. The lowest BCUT2D eigenvalue weighted by molar-refractivity contribution is 0.804. The summed E-state index contributed by atoms with van der Waals surface area (Å²) in [4.78, 5) is 11.1. The Hall–Kier alpha value is -1.27. The summed E-state index contributed by atoms with van der Waals surface area (Å²) in [7, 11) is 0. The first-order valence-electron chi connectivity index (χ1n) is 12.1. The van der Waals surface area contributed by atoms with E-state index in [9.17, 15) is 0 Å². The van der Waals surface area contributed by atoms with Crippen LogP contribution < -0.4 is 0 Å². The topological polar surface area (TPSA) is 12.9 Å². The second-order valence-electron chi connectivity index (χ2n) is 8.68. The molecule has 0 atom stereocenters. The smallest absolute Gasteiger partial charge is 0.134 e. The lowest BCUT2D eigenvalue weighted by Crippen LogP contribution is -1.77. The minimum absolute atomic E-state index is 1.19. The Morgan fingerprint density at radius 2 is 1.22 bits per heavy atom. The van der Waals surface area contributed by atoms with Gasteiger partial charge in [-0.15, -0.1) is 45.3 Å². The van der Waals surface area contributed by atoms with Gasteiger partial charge in [-0.2, -0.15) is 0 Å². The largest absolute Gasteiger partial charge is 0.234 e. The third-order valence-corrected chi connectivity index (χ3v) is 11.0. The normalized spacial score (nSPS) is 12.1. The maximum atomic E-state index is 5.27. The van der Waals surface area contributed by atoms with Crippen molar-refractivity contribution in [2.24, 2.45) is 0 Å². The second-order valence-corrected chi connectivity index (χ2v) is 13.1. The number of unbranched alkanes of at least 4 members (excludes halogenated alkanes) is 3. The average molecular weight is 498 g/mol. The van der Waals surface area contributed by atoms with E-state index in [1.54, 1.807) is 0 Å². The fraction of sp³-hybridized carbons (Fsp3) is 0.444. The predicted octanol–water partition coefficient (Wildman–Crippen LogP) is 10.5. The molecule has 0 radical (unpaired) electrons. The molecular formula is C27H31NS4. The predicted molar refractivity (Wildman–Crippen MR) is 150 cm³/mol. The van der Waals surface area contributed by atoms with Crippen molar-refractivity contribution in [2.45, 2.75) is 78.6 Å². The number of aryl methyl sites for hydroxylation is 3. The Labute approximate surface area is 207 Å². The van der Waals surface area contributed by atoms with Crippen LogP contribution in [0.2, 0.25) is 0 Å². The van der Waals surface area contributed by atoms with Crippen molar-refractivity contribution >= 4 is 75.7 Å². The lowest BCUT2D eigenvalue weighted by atomic mass is 10.1. The quantitative estimate of drug-likeness (QED) is 0.187.